The van der Waals surface area contributed by atoms with Crippen LogP contribution < -0.4 is 0 Å². The highest BCUT2D eigenvalue weighted by atomic mass is 16.6. The molecule has 4 nitrogen and oxygen atoms in total. The van der Waals surface area contributed by atoms with Gasteiger partial charge in [0.2, 0.25) is 0 Å². The summed E-state index contributed by atoms with van der Waals surface area (Å²) in [4.78, 5) is 23.5. The number of carbonyl (C=O) groups excluding carboxylic acids is 2. The van der Waals surface area contributed by atoms with Gasteiger partial charge in [-0.25, -0.2) is 0 Å². The van der Waals surface area contributed by atoms with Crippen LogP contribution in [0.3, 0.4) is 0 Å². The van der Waals surface area contributed by atoms with Gasteiger partial charge in [0.25, 0.3) is 0 Å². The van der Waals surface area contributed by atoms with Crippen LogP contribution in [0.25, 0.3) is 0 Å². The lowest BCUT2D eigenvalue weighted by Crippen LogP contribution is -2.11. The van der Waals surface area contributed by atoms with Crippen LogP contribution in [0.2, 0.25) is 0 Å². The summed E-state index contributed by atoms with van der Waals surface area (Å²) >= 11 is 0. The van der Waals surface area contributed by atoms with E-state index in [1.165, 1.54) is 83.5 Å². The number of esters is 2. The molecule has 0 rings (SSSR count). The molecule has 0 aliphatic heterocycles. The molecule has 190 valence electrons. The van der Waals surface area contributed by atoms with Gasteiger partial charge in [0.05, 0.1) is 0 Å². The number of hydrogen-bond acceptors (Lipinski definition) is 4. The molecule has 32 heavy (non-hydrogen) atoms. The van der Waals surface area contributed by atoms with Crippen molar-refractivity contribution in [3.63, 3.8) is 0 Å². The first-order valence-electron chi connectivity index (χ1n) is 14.0. The molecule has 0 saturated carbocycles. The molecule has 0 aliphatic rings. The first-order valence-corrected chi connectivity index (χ1v) is 14.0. The molecule has 0 fully saturated rings. The molecular formula is C28H54O4. The number of rotatable bonds is 25. The Hall–Kier alpha value is -0.900. The van der Waals surface area contributed by atoms with Crippen molar-refractivity contribution in [3.05, 3.63) is 0 Å². The molecule has 0 amide bonds. The van der Waals surface area contributed by atoms with E-state index in [4.69, 9.17) is 9.84 Å². The molecule has 0 unspecified atom stereocenters. The fourth-order valence-corrected chi connectivity index (χ4v) is 4.13. The lowest BCUT2D eigenvalue weighted by Gasteiger charge is -2.05. The van der Waals surface area contributed by atoms with Gasteiger partial charge in [0.15, 0.2) is 0 Å². The molecule has 0 aromatic rings. The summed E-state index contributed by atoms with van der Waals surface area (Å²) in [5.74, 6) is -0.718. The molecule has 0 atom stereocenters. The maximum atomic E-state index is 11.8. The van der Waals surface area contributed by atoms with Crippen molar-refractivity contribution < 1.29 is 19.4 Å². The molecular weight excluding hydrogens is 400 g/mol. The van der Waals surface area contributed by atoms with E-state index >= 15 is 0 Å². The topological polar surface area (TPSA) is 63.6 Å². The lowest BCUT2D eigenvalue weighted by atomic mass is 10.0. The van der Waals surface area contributed by atoms with Gasteiger partial charge in [-0.15, -0.1) is 0 Å². The van der Waals surface area contributed by atoms with Crippen molar-refractivity contribution in [2.24, 2.45) is 0 Å². The van der Waals surface area contributed by atoms with E-state index < -0.39 is 0 Å². The molecule has 0 spiro atoms. The zero-order valence-electron chi connectivity index (χ0n) is 21.3. The van der Waals surface area contributed by atoms with E-state index in [-0.39, 0.29) is 18.5 Å². The molecule has 1 N–H and O–H groups in total. The fourth-order valence-electron chi connectivity index (χ4n) is 4.13. The maximum absolute atomic E-state index is 11.8. The third kappa shape index (κ3) is 25.4. The number of hydrogen-bond donors (Lipinski definition) is 1. The van der Waals surface area contributed by atoms with Gasteiger partial charge in [-0.1, -0.05) is 129 Å². The van der Waals surface area contributed by atoms with E-state index in [0.717, 1.165) is 57.8 Å². The summed E-state index contributed by atoms with van der Waals surface area (Å²) in [6.45, 7) is 2.55. The Morgan fingerprint density at radius 2 is 0.750 bits per heavy atom. The van der Waals surface area contributed by atoms with E-state index in [0.29, 0.717) is 12.8 Å². The lowest BCUT2D eigenvalue weighted by molar-refractivity contribution is -0.159. The van der Waals surface area contributed by atoms with E-state index in [2.05, 4.69) is 6.92 Å². The Bertz CT molecular complexity index is 408. The van der Waals surface area contributed by atoms with Gasteiger partial charge in [-0.05, 0) is 19.3 Å². The fraction of sp³-hybridized carbons (Fsp3) is 0.929. The molecule has 4 heteroatoms. The highest BCUT2D eigenvalue weighted by Crippen LogP contribution is 2.14. The van der Waals surface area contributed by atoms with Crippen molar-refractivity contribution in [1.29, 1.82) is 0 Å². The smallest absolute Gasteiger partial charge is 0.313 e. The first-order chi connectivity index (χ1) is 15.7. The van der Waals surface area contributed by atoms with Crippen LogP contribution in [-0.2, 0) is 14.3 Å². The standard InChI is InChI=1S/C28H54O4/c1-2-3-4-5-6-7-8-9-10-11-12-13-15-18-21-24-27(30)32-28(31)25-22-19-16-14-17-20-23-26-29/h29H,2-26H2,1H3. The van der Waals surface area contributed by atoms with Crippen LogP contribution in [0.1, 0.15) is 161 Å². The minimum Gasteiger partial charge on any atom is -0.396 e. The minimum absolute atomic E-state index is 0.277. The number of ether oxygens (including phenoxy) is 1. The second kappa shape index (κ2) is 26.4. The van der Waals surface area contributed by atoms with E-state index in [9.17, 15) is 9.59 Å². The summed E-state index contributed by atoms with van der Waals surface area (Å²) < 4.78 is 4.92. The molecule has 0 radical (unpaired) electrons. The summed E-state index contributed by atoms with van der Waals surface area (Å²) in [7, 11) is 0. The summed E-state index contributed by atoms with van der Waals surface area (Å²) in [6, 6.07) is 0. The van der Waals surface area contributed by atoms with Gasteiger partial charge in [-0.3, -0.25) is 9.59 Å². The summed E-state index contributed by atoms with van der Waals surface area (Å²) in [6.07, 6.45) is 27.4. The zero-order valence-corrected chi connectivity index (χ0v) is 21.3. The minimum atomic E-state index is -0.365. The number of aliphatic hydroxyl groups is 1. The number of unbranched alkanes of at least 4 members (excludes halogenated alkanes) is 20. The van der Waals surface area contributed by atoms with E-state index in [1.807, 2.05) is 0 Å². The highest BCUT2D eigenvalue weighted by Gasteiger charge is 2.09. The maximum Gasteiger partial charge on any atom is 0.313 e. The average Bonchev–Trinajstić information content (AvgIpc) is 2.78. The highest BCUT2D eigenvalue weighted by molar-refractivity contribution is 5.85. The molecule has 0 aromatic carbocycles. The second-order valence-corrected chi connectivity index (χ2v) is 9.49. The van der Waals surface area contributed by atoms with Gasteiger partial charge in [0.1, 0.15) is 0 Å². The van der Waals surface area contributed by atoms with Crippen molar-refractivity contribution in [3.8, 4) is 0 Å². The van der Waals surface area contributed by atoms with Crippen molar-refractivity contribution in [2.45, 2.75) is 161 Å². The predicted octanol–water partition coefficient (Wildman–Crippen LogP) is 8.43. The Morgan fingerprint density at radius 1 is 0.469 bits per heavy atom. The number of aliphatic hydroxyl groups excluding tert-OH is 1. The normalized spacial score (nSPS) is 11.1. The number of carbonyl (C=O) groups is 2. The Kier molecular flexibility index (Phi) is 25.6. The SMILES string of the molecule is CCCCCCCCCCCCCCCCCC(=O)OC(=O)CCCCCCCCCO. The molecule has 0 saturated heterocycles. The van der Waals surface area contributed by atoms with Crippen LogP contribution >= 0.6 is 0 Å². The van der Waals surface area contributed by atoms with Gasteiger partial charge in [0, 0.05) is 19.4 Å². The zero-order chi connectivity index (χ0) is 23.5. The summed E-state index contributed by atoms with van der Waals surface area (Å²) in [5, 5.41) is 8.73. The largest absolute Gasteiger partial charge is 0.396 e. The van der Waals surface area contributed by atoms with Crippen molar-refractivity contribution in [2.75, 3.05) is 6.61 Å². The second-order valence-electron chi connectivity index (χ2n) is 9.49. The molecule has 0 aromatic heterocycles. The van der Waals surface area contributed by atoms with Crippen LogP contribution in [0.5, 0.6) is 0 Å². The monoisotopic (exact) mass is 454 g/mol. The molecule has 0 bridgehead atoms. The first kappa shape index (κ1) is 31.1. The Balaban J connectivity index is 3.28. The molecule has 0 aliphatic carbocycles. The van der Waals surface area contributed by atoms with Gasteiger partial charge >= 0.3 is 11.9 Å². The van der Waals surface area contributed by atoms with Crippen LogP contribution in [0.15, 0.2) is 0 Å². The van der Waals surface area contributed by atoms with Crippen LogP contribution in [-0.4, -0.2) is 23.7 Å². The third-order valence-electron chi connectivity index (χ3n) is 6.25. The van der Waals surface area contributed by atoms with E-state index in [1.54, 1.807) is 0 Å². The predicted molar refractivity (Wildman–Crippen MR) is 135 cm³/mol. The van der Waals surface area contributed by atoms with Crippen LogP contribution in [0, 0.1) is 0 Å². The van der Waals surface area contributed by atoms with Crippen LogP contribution in [0.4, 0.5) is 0 Å². The van der Waals surface area contributed by atoms with Crippen molar-refractivity contribution >= 4 is 11.9 Å². The summed E-state index contributed by atoms with van der Waals surface area (Å²) in [5.41, 5.74) is 0. The van der Waals surface area contributed by atoms with Gasteiger partial charge < -0.3 is 9.84 Å². The van der Waals surface area contributed by atoms with Crippen molar-refractivity contribution in [1.82, 2.24) is 0 Å². The third-order valence-corrected chi connectivity index (χ3v) is 6.25. The Morgan fingerprint density at radius 3 is 1.06 bits per heavy atom. The average molecular weight is 455 g/mol. The quantitative estimate of drug-likeness (QED) is 0.0854. The van der Waals surface area contributed by atoms with Gasteiger partial charge in [-0.2, -0.15) is 0 Å². The molecule has 0 heterocycles. The Labute approximate surface area is 199 Å².